The summed E-state index contributed by atoms with van der Waals surface area (Å²) < 4.78 is 31.3. The predicted molar refractivity (Wildman–Crippen MR) is 109 cm³/mol. The molecule has 8 unspecified atom stereocenters. The van der Waals surface area contributed by atoms with Crippen molar-refractivity contribution in [2.45, 2.75) is 49.2 Å². The van der Waals surface area contributed by atoms with E-state index in [1.165, 1.54) is 32.4 Å². The fraction of sp³-hybridized carbons (Fsp3) is 0.571. The molecular weight excluding hydrogens is 444 g/mol. The number of carbonyl (C=O) groups excluding carboxylic acids is 1. The third kappa shape index (κ3) is 5.99. The number of methoxy groups -OCH3 is 2. The molecule has 0 aliphatic carbocycles. The molecule has 2 fully saturated rings. The Hall–Kier alpha value is -2.29. The number of carbonyl (C=O) groups is 1. The van der Waals surface area contributed by atoms with Crippen molar-refractivity contribution in [2.75, 3.05) is 27.4 Å². The Morgan fingerprint density at radius 3 is 2.61 bits per heavy atom. The first-order valence-corrected chi connectivity index (χ1v) is 10.1. The topological polar surface area (TPSA) is 174 Å². The molecule has 0 saturated carbocycles. The van der Waals surface area contributed by atoms with Gasteiger partial charge in [-0.1, -0.05) is 6.07 Å². The van der Waals surface area contributed by atoms with Crippen LogP contribution in [0.5, 0.6) is 11.5 Å². The number of aromatic hydroxyl groups is 1. The molecule has 0 bridgehead atoms. The van der Waals surface area contributed by atoms with Crippen molar-refractivity contribution >= 4 is 12.0 Å². The summed E-state index contributed by atoms with van der Waals surface area (Å²) in [5, 5.41) is 49.7. The third-order valence-electron chi connectivity index (χ3n) is 5.31. The van der Waals surface area contributed by atoms with Gasteiger partial charge in [0.2, 0.25) is 0 Å². The Morgan fingerprint density at radius 2 is 1.91 bits per heavy atom. The molecule has 2 aliphatic heterocycles. The zero-order valence-corrected chi connectivity index (χ0v) is 18.0. The Kier molecular flexibility index (Phi) is 8.62. The van der Waals surface area contributed by atoms with Crippen molar-refractivity contribution < 1.29 is 58.7 Å². The monoisotopic (exact) mass is 472 g/mol. The number of aliphatic hydroxyl groups excluding tert-OH is 4. The van der Waals surface area contributed by atoms with E-state index in [1.54, 1.807) is 6.07 Å². The van der Waals surface area contributed by atoms with Gasteiger partial charge in [0.25, 0.3) is 0 Å². The van der Waals surface area contributed by atoms with Crippen molar-refractivity contribution in [1.29, 1.82) is 0 Å². The lowest BCUT2D eigenvalue weighted by Gasteiger charge is -2.37. The molecule has 12 heteroatoms. The number of benzene rings is 1. The van der Waals surface area contributed by atoms with Gasteiger partial charge in [0.1, 0.15) is 43.2 Å². The van der Waals surface area contributed by atoms with Crippen LogP contribution in [0.3, 0.4) is 0 Å². The number of phenols is 1. The second kappa shape index (κ2) is 11.2. The van der Waals surface area contributed by atoms with Crippen molar-refractivity contribution in [2.24, 2.45) is 0 Å². The van der Waals surface area contributed by atoms with Crippen LogP contribution in [-0.4, -0.2) is 108 Å². The molecule has 0 spiro atoms. The Balaban J connectivity index is 1.56. The fourth-order valence-electron chi connectivity index (χ4n) is 3.48. The summed E-state index contributed by atoms with van der Waals surface area (Å²) in [5.74, 6) is -0.504. The summed E-state index contributed by atoms with van der Waals surface area (Å²) in [4.78, 5) is 12.1. The van der Waals surface area contributed by atoms with Gasteiger partial charge >= 0.3 is 5.97 Å². The van der Waals surface area contributed by atoms with Crippen LogP contribution in [0.4, 0.5) is 0 Å². The van der Waals surface area contributed by atoms with E-state index in [0.29, 0.717) is 5.56 Å². The van der Waals surface area contributed by atoms with Gasteiger partial charge in [-0.3, -0.25) is 0 Å². The van der Waals surface area contributed by atoms with E-state index in [4.69, 9.17) is 28.4 Å². The maximum absolute atomic E-state index is 12.1. The minimum Gasteiger partial charge on any atom is -0.504 e. The minimum atomic E-state index is -1.55. The Labute approximate surface area is 189 Å². The number of hydrogen-bond donors (Lipinski definition) is 5. The van der Waals surface area contributed by atoms with Crippen LogP contribution in [-0.2, 0) is 28.5 Å². The number of ether oxygens (including phenoxy) is 6. The van der Waals surface area contributed by atoms with Gasteiger partial charge in [-0.25, -0.2) is 4.79 Å². The van der Waals surface area contributed by atoms with Gasteiger partial charge in [0, 0.05) is 13.2 Å². The zero-order chi connectivity index (χ0) is 24.1. The normalized spacial score (nSPS) is 34.5. The SMILES string of the molecule is COc1cc(C=CC(=O)OCC2OC(OC3C(O)COC(O)C3O)C(OC)C2O)ccc1O. The zero-order valence-electron chi connectivity index (χ0n) is 18.0. The van der Waals surface area contributed by atoms with E-state index in [2.05, 4.69) is 0 Å². The van der Waals surface area contributed by atoms with Gasteiger partial charge in [-0.05, 0) is 23.8 Å². The van der Waals surface area contributed by atoms with Gasteiger partial charge in [0.15, 0.2) is 24.1 Å². The van der Waals surface area contributed by atoms with Gasteiger partial charge in [0.05, 0.1) is 13.7 Å². The first-order chi connectivity index (χ1) is 15.7. The molecule has 0 aromatic heterocycles. The molecule has 0 amide bonds. The molecule has 2 saturated heterocycles. The summed E-state index contributed by atoms with van der Waals surface area (Å²) in [6.45, 7) is -0.597. The van der Waals surface area contributed by atoms with Crippen molar-refractivity contribution in [3.8, 4) is 11.5 Å². The molecular formula is C21H28O12. The molecule has 2 aliphatic rings. The van der Waals surface area contributed by atoms with E-state index >= 15 is 0 Å². The molecule has 1 aromatic carbocycles. The Morgan fingerprint density at radius 1 is 1.15 bits per heavy atom. The summed E-state index contributed by atoms with van der Waals surface area (Å²) in [6, 6.07) is 4.53. The average molecular weight is 472 g/mol. The van der Waals surface area contributed by atoms with Gasteiger partial charge < -0.3 is 54.0 Å². The third-order valence-corrected chi connectivity index (χ3v) is 5.31. The molecule has 12 nitrogen and oxygen atoms in total. The molecule has 0 radical (unpaired) electrons. The summed E-state index contributed by atoms with van der Waals surface area (Å²) in [6.07, 6.45) is -7.46. The first kappa shape index (κ1) is 25.3. The van der Waals surface area contributed by atoms with Crippen LogP contribution in [0.1, 0.15) is 5.56 Å². The average Bonchev–Trinajstić information content (AvgIpc) is 3.11. The van der Waals surface area contributed by atoms with Crippen molar-refractivity contribution in [3.05, 3.63) is 29.8 Å². The number of esters is 1. The highest BCUT2D eigenvalue weighted by atomic mass is 16.7. The smallest absolute Gasteiger partial charge is 0.330 e. The lowest BCUT2D eigenvalue weighted by atomic mass is 10.0. The van der Waals surface area contributed by atoms with E-state index in [1.807, 2.05) is 0 Å². The standard InChI is InChI=1S/C21H28O12/c1-28-13-7-10(3-5-11(13)22)4-6-15(24)30-9-14-16(25)19(29-2)21(32-14)33-18-12(23)8-31-20(27)17(18)26/h3-7,12,14,16-23,25-27H,8-9H2,1-2H3. The second-order valence-electron chi connectivity index (χ2n) is 7.51. The number of rotatable bonds is 8. The van der Waals surface area contributed by atoms with Crippen LogP contribution in [0.25, 0.3) is 6.08 Å². The van der Waals surface area contributed by atoms with Crippen LogP contribution in [0.15, 0.2) is 24.3 Å². The Bertz CT molecular complexity index is 829. The summed E-state index contributed by atoms with van der Waals surface area (Å²) in [5.41, 5.74) is 0.586. The van der Waals surface area contributed by atoms with Crippen LogP contribution < -0.4 is 4.74 Å². The molecule has 2 heterocycles. The van der Waals surface area contributed by atoms with E-state index in [9.17, 15) is 30.3 Å². The van der Waals surface area contributed by atoms with Crippen LogP contribution >= 0.6 is 0 Å². The highest BCUT2D eigenvalue weighted by Gasteiger charge is 2.49. The number of hydrogen-bond acceptors (Lipinski definition) is 12. The summed E-state index contributed by atoms with van der Waals surface area (Å²) in [7, 11) is 2.71. The predicted octanol–water partition coefficient (Wildman–Crippen LogP) is -1.49. The number of phenolic OH excluding ortho intramolecular Hbond substituents is 1. The van der Waals surface area contributed by atoms with Crippen molar-refractivity contribution in [1.82, 2.24) is 0 Å². The molecule has 184 valence electrons. The lowest BCUT2D eigenvalue weighted by Crippen LogP contribution is -2.56. The van der Waals surface area contributed by atoms with Crippen LogP contribution in [0.2, 0.25) is 0 Å². The first-order valence-electron chi connectivity index (χ1n) is 10.1. The molecule has 3 rings (SSSR count). The quantitative estimate of drug-likeness (QED) is 0.219. The molecule has 1 aromatic rings. The maximum atomic E-state index is 12.1. The molecule has 8 atom stereocenters. The highest BCUT2D eigenvalue weighted by molar-refractivity contribution is 5.87. The van der Waals surface area contributed by atoms with Gasteiger partial charge in [-0.15, -0.1) is 0 Å². The summed E-state index contributed by atoms with van der Waals surface area (Å²) >= 11 is 0. The van der Waals surface area contributed by atoms with Crippen molar-refractivity contribution in [3.63, 3.8) is 0 Å². The molecule has 5 N–H and O–H groups in total. The largest absolute Gasteiger partial charge is 0.504 e. The van der Waals surface area contributed by atoms with Gasteiger partial charge in [-0.2, -0.15) is 0 Å². The van der Waals surface area contributed by atoms with E-state index in [0.717, 1.165) is 6.08 Å². The minimum absolute atomic E-state index is 0.0376. The number of aliphatic hydroxyl groups is 4. The highest BCUT2D eigenvalue weighted by Crippen LogP contribution is 2.29. The lowest BCUT2D eigenvalue weighted by molar-refractivity contribution is -0.299. The fourth-order valence-corrected chi connectivity index (χ4v) is 3.48. The van der Waals surface area contributed by atoms with E-state index < -0.39 is 55.2 Å². The molecule has 33 heavy (non-hydrogen) atoms. The second-order valence-corrected chi connectivity index (χ2v) is 7.51. The van der Waals surface area contributed by atoms with E-state index in [-0.39, 0.29) is 24.7 Å². The van der Waals surface area contributed by atoms with Crippen LogP contribution in [0, 0.1) is 0 Å². The maximum Gasteiger partial charge on any atom is 0.330 e.